The maximum Gasteiger partial charge on any atom is 0.342 e. The van der Waals surface area contributed by atoms with Crippen LogP contribution in [0.15, 0.2) is 54.6 Å². The van der Waals surface area contributed by atoms with Crippen LogP contribution in [-0.4, -0.2) is 33.4 Å². The van der Waals surface area contributed by atoms with Crippen molar-refractivity contribution >= 4 is 17.6 Å². The number of carbonyl (C=O) groups is 2. The second-order valence-electron chi connectivity index (χ2n) is 8.99. The lowest BCUT2D eigenvalue weighted by Crippen LogP contribution is -2.32. The Hall–Kier alpha value is -3.61. The van der Waals surface area contributed by atoms with Crippen LogP contribution in [0.25, 0.3) is 11.3 Å². The molecule has 0 spiro atoms. The number of phenols is 1. The molecular formula is C26H30N4O3. The maximum absolute atomic E-state index is 12.9. The Morgan fingerprint density at radius 2 is 1.88 bits per heavy atom. The van der Waals surface area contributed by atoms with Crippen LogP contribution in [-0.2, 0) is 11.2 Å². The molecule has 0 radical (unpaired) electrons. The summed E-state index contributed by atoms with van der Waals surface area (Å²) in [7, 11) is 0. The molecule has 33 heavy (non-hydrogen) atoms. The van der Waals surface area contributed by atoms with Crippen molar-refractivity contribution in [1.29, 1.82) is 0 Å². The largest absolute Gasteiger partial charge is 0.507 e. The first-order chi connectivity index (χ1) is 15.9. The number of nitrogens with one attached hydrogen (secondary N) is 2. The number of aromatic hydroxyl groups is 1. The summed E-state index contributed by atoms with van der Waals surface area (Å²) in [5, 5.41) is 20.8. The van der Waals surface area contributed by atoms with Gasteiger partial charge in [0.1, 0.15) is 5.75 Å². The molecule has 1 aliphatic rings. The highest BCUT2D eigenvalue weighted by atomic mass is 16.3. The molecule has 0 aliphatic heterocycles. The van der Waals surface area contributed by atoms with Crippen LogP contribution < -0.4 is 10.6 Å². The number of phenolic OH excluding ortho intramolecular Hbond substituents is 1. The minimum Gasteiger partial charge on any atom is -0.507 e. The molecule has 1 saturated carbocycles. The molecule has 1 aromatic heterocycles. The van der Waals surface area contributed by atoms with Gasteiger partial charge >= 0.3 is 6.03 Å². The van der Waals surface area contributed by atoms with Crippen LogP contribution >= 0.6 is 0 Å². The zero-order chi connectivity index (χ0) is 23.4. The Bertz CT molecular complexity index is 1130. The lowest BCUT2D eigenvalue weighted by molar-refractivity contribution is -0.116. The van der Waals surface area contributed by atoms with Crippen LogP contribution in [0.3, 0.4) is 0 Å². The zero-order valence-corrected chi connectivity index (χ0v) is 19.0. The lowest BCUT2D eigenvalue weighted by Gasteiger charge is -2.09. The van der Waals surface area contributed by atoms with E-state index in [2.05, 4.69) is 15.7 Å². The first-order valence-electron chi connectivity index (χ1n) is 11.5. The molecule has 3 aromatic rings. The first kappa shape index (κ1) is 22.6. The Morgan fingerprint density at radius 1 is 1.12 bits per heavy atom. The normalized spacial score (nSPS) is 13.2. The smallest absolute Gasteiger partial charge is 0.342 e. The van der Waals surface area contributed by atoms with Gasteiger partial charge in [-0.05, 0) is 55.0 Å². The van der Waals surface area contributed by atoms with Gasteiger partial charge in [0.25, 0.3) is 0 Å². The standard InChI is InChI=1S/C26H30N4O3/c1-17(2)14-25(32)28-20-10-11-24(31)21(15-20)22-16-23(19-8-9-19)30(29-22)26(33)27-13-12-18-6-4-3-5-7-18/h3-7,10-11,15-17,19,31H,8-9,12-14H2,1-2H3,(H,27,33)(H,28,32). The van der Waals surface area contributed by atoms with E-state index in [0.29, 0.717) is 35.8 Å². The van der Waals surface area contributed by atoms with Gasteiger partial charge in [0, 0.05) is 30.1 Å². The van der Waals surface area contributed by atoms with Crippen molar-refractivity contribution in [3.05, 3.63) is 65.9 Å². The second kappa shape index (κ2) is 9.90. The minimum atomic E-state index is -0.278. The third kappa shape index (κ3) is 5.80. The zero-order valence-electron chi connectivity index (χ0n) is 19.0. The van der Waals surface area contributed by atoms with E-state index in [0.717, 1.165) is 30.5 Å². The molecule has 1 fully saturated rings. The number of anilines is 1. The molecule has 2 amide bonds. The van der Waals surface area contributed by atoms with Crippen molar-refractivity contribution in [3.8, 4) is 17.0 Å². The molecule has 7 heteroatoms. The third-order valence-electron chi connectivity index (χ3n) is 5.61. The van der Waals surface area contributed by atoms with Gasteiger partial charge in [-0.3, -0.25) is 4.79 Å². The van der Waals surface area contributed by atoms with Crippen LogP contribution in [0.5, 0.6) is 5.75 Å². The molecule has 1 heterocycles. The highest BCUT2D eigenvalue weighted by Crippen LogP contribution is 2.42. The highest BCUT2D eigenvalue weighted by Gasteiger charge is 2.30. The van der Waals surface area contributed by atoms with E-state index in [1.54, 1.807) is 12.1 Å². The predicted molar refractivity (Wildman–Crippen MR) is 128 cm³/mol. The van der Waals surface area contributed by atoms with Crippen molar-refractivity contribution in [3.63, 3.8) is 0 Å². The number of aromatic nitrogens is 2. The maximum atomic E-state index is 12.9. The average molecular weight is 447 g/mol. The van der Waals surface area contributed by atoms with Crippen LogP contribution in [0, 0.1) is 5.92 Å². The van der Waals surface area contributed by atoms with Crippen LogP contribution in [0.4, 0.5) is 10.5 Å². The van der Waals surface area contributed by atoms with Crippen LogP contribution in [0.2, 0.25) is 0 Å². The van der Waals surface area contributed by atoms with Gasteiger partial charge in [0.05, 0.1) is 11.4 Å². The number of hydrogen-bond acceptors (Lipinski definition) is 4. The summed E-state index contributed by atoms with van der Waals surface area (Å²) < 4.78 is 1.42. The Morgan fingerprint density at radius 3 is 2.58 bits per heavy atom. The quantitative estimate of drug-likeness (QED) is 0.428. The number of hydrogen-bond donors (Lipinski definition) is 3. The summed E-state index contributed by atoms with van der Waals surface area (Å²) in [5.41, 5.74) is 3.57. The molecule has 7 nitrogen and oxygen atoms in total. The number of carbonyl (C=O) groups excluding carboxylic acids is 2. The van der Waals surface area contributed by atoms with E-state index in [-0.39, 0.29) is 23.6 Å². The van der Waals surface area contributed by atoms with Crippen molar-refractivity contribution in [2.24, 2.45) is 5.92 Å². The fourth-order valence-corrected chi connectivity index (χ4v) is 3.79. The Labute approximate surface area is 193 Å². The van der Waals surface area contributed by atoms with Gasteiger partial charge < -0.3 is 15.7 Å². The van der Waals surface area contributed by atoms with E-state index in [1.807, 2.05) is 50.2 Å². The average Bonchev–Trinajstić information content (AvgIpc) is 3.53. The molecule has 0 saturated heterocycles. The molecule has 1 aliphatic carbocycles. The summed E-state index contributed by atoms with van der Waals surface area (Å²) in [6.45, 7) is 4.47. The summed E-state index contributed by atoms with van der Waals surface area (Å²) >= 11 is 0. The van der Waals surface area contributed by atoms with Crippen molar-refractivity contribution in [2.45, 2.75) is 45.4 Å². The Kier molecular flexibility index (Phi) is 6.77. The summed E-state index contributed by atoms with van der Waals surface area (Å²) in [6.07, 6.45) is 3.18. The molecule has 0 unspecified atom stereocenters. The van der Waals surface area contributed by atoms with Gasteiger partial charge in [0.2, 0.25) is 5.91 Å². The summed E-state index contributed by atoms with van der Waals surface area (Å²) in [5.74, 6) is 0.512. The molecular weight excluding hydrogens is 416 g/mol. The Balaban J connectivity index is 1.52. The molecule has 3 N–H and O–H groups in total. The van der Waals surface area contributed by atoms with Gasteiger partial charge in [-0.2, -0.15) is 9.78 Å². The molecule has 4 rings (SSSR count). The van der Waals surface area contributed by atoms with Crippen molar-refractivity contribution < 1.29 is 14.7 Å². The van der Waals surface area contributed by atoms with E-state index in [4.69, 9.17) is 0 Å². The molecule has 2 aromatic carbocycles. The van der Waals surface area contributed by atoms with Crippen molar-refractivity contribution in [1.82, 2.24) is 15.1 Å². The fraction of sp³-hybridized carbons (Fsp3) is 0.346. The van der Waals surface area contributed by atoms with Gasteiger partial charge in [-0.25, -0.2) is 4.79 Å². The number of benzene rings is 2. The molecule has 0 bridgehead atoms. The monoisotopic (exact) mass is 446 g/mol. The van der Waals surface area contributed by atoms with Crippen LogP contribution in [0.1, 0.15) is 50.3 Å². The summed E-state index contributed by atoms with van der Waals surface area (Å²) in [4.78, 5) is 25.1. The first-order valence-corrected chi connectivity index (χ1v) is 11.5. The predicted octanol–water partition coefficient (Wildman–Crippen LogP) is 4.92. The SMILES string of the molecule is CC(C)CC(=O)Nc1ccc(O)c(-c2cc(C3CC3)n(C(=O)NCCc3ccccc3)n2)c1. The number of rotatable bonds is 8. The fourth-order valence-electron chi connectivity index (χ4n) is 3.79. The molecule has 0 atom stereocenters. The van der Waals surface area contributed by atoms with Crippen molar-refractivity contribution in [2.75, 3.05) is 11.9 Å². The number of amides is 2. The third-order valence-corrected chi connectivity index (χ3v) is 5.61. The highest BCUT2D eigenvalue weighted by molar-refractivity contribution is 5.92. The molecule has 172 valence electrons. The van der Waals surface area contributed by atoms with E-state index < -0.39 is 0 Å². The van der Waals surface area contributed by atoms with E-state index in [1.165, 1.54) is 10.7 Å². The lowest BCUT2D eigenvalue weighted by atomic mass is 10.1. The summed E-state index contributed by atoms with van der Waals surface area (Å²) in [6, 6.07) is 16.5. The van der Waals surface area contributed by atoms with E-state index in [9.17, 15) is 14.7 Å². The topological polar surface area (TPSA) is 96.2 Å². The van der Waals surface area contributed by atoms with E-state index >= 15 is 0 Å². The number of nitrogens with zero attached hydrogens (tertiary/aromatic N) is 2. The van der Waals surface area contributed by atoms with Gasteiger partial charge in [-0.1, -0.05) is 44.2 Å². The van der Waals surface area contributed by atoms with Gasteiger partial charge in [0.15, 0.2) is 0 Å². The minimum absolute atomic E-state index is 0.0494. The second-order valence-corrected chi connectivity index (χ2v) is 8.99. The van der Waals surface area contributed by atoms with Gasteiger partial charge in [-0.15, -0.1) is 0 Å².